The number of hydrogen-bond acceptors (Lipinski definition) is 7. The van der Waals surface area contributed by atoms with E-state index in [1.54, 1.807) is 20.2 Å². The van der Waals surface area contributed by atoms with E-state index in [-0.39, 0.29) is 11.7 Å². The Kier molecular flexibility index (Phi) is 8.60. The van der Waals surface area contributed by atoms with Crippen molar-refractivity contribution in [3.63, 3.8) is 0 Å². The van der Waals surface area contributed by atoms with Crippen molar-refractivity contribution in [1.82, 2.24) is 14.9 Å². The van der Waals surface area contributed by atoms with E-state index in [0.717, 1.165) is 38.3 Å². The van der Waals surface area contributed by atoms with Gasteiger partial charge in [0.2, 0.25) is 11.5 Å². The van der Waals surface area contributed by atoms with Gasteiger partial charge in [0.05, 0.1) is 13.2 Å². The molecule has 0 aliphatic rings. The molecule has 7 nitrogen and oxygen atoms in total. The number of benzene rings is 2. The van der Waals surface area contributed by atoms with Crippen LogP contribution in [0.25, 0.3) is 10.8 Å². The summed E-state index contributed by atoms with van der Waals surface area (Å²) in [6.45, 7) is 4.18. The summed E-state index contributed by atoms with van der Waals surface area (Å²) in [7, 11) is 1.60. The maximum absolute atomic E-state index is 13.3. The number of aryl methyl sites for hydroxylation is 1. The molecular weight excluding hydrogens is 504 g/mol. The summed E-state index contributed by atoms with van der Waals surface area (Å²) in [5.41, 5.74) is 7.90. The topological polar surface area (TPSA) is 98.4 Å². The predicted octanol–water partition coefficient (Wildman–Crippen LogP) is 5.08. The number of nitrogen functional groups attached to an aromatic ring is 1. The van der Waals surface area contributed by atoms with Crippen molar-refractivity contribution in [3.8, 4) is 0 Å². The van der Waals surface area contributed by atoms with Crippen LogP contribution in [0.1, 0.15) is 35.1 Å². The number of nitrogens with zero attached hydrogens (tertiary/aromatic N) is 3. The third-order valence-electron chi connectivity index (χ3n) is 5.16. The molecule has 0 saturated heterocycles. The molecule has 0 radical (unpaired) electrons. The lowest BCUT2D eigenvalue weighted by Gasteiger charge is -2.22. The molecule has 3 rings (SSSR count). The maximum atomic E-state index is 13.3. The second-order valence-electron chi connectivity index (χ2n) is 7.34. The van der Waals surface area contributed by atoms with Crippen LogP contribution < -0.4 is 5.73 Å². The lowest BCUT2D eigenvalue weighted by Crippen LogP contribution is -2.22. The second-order valence-corrected chi connectivity index (χ2v) is 9.26. The monoisotopic (exact) mass is 528 g/mol. The van der Waals surface area contributed by atoms with E-state index in [1.807, 2.05) is 43.3 Å². The molecule has 0 aliphatic carbocycles. The minimum atomic E-state index is -0.104. The summed E-state index contributed by atoms with van der Waals surface area (Å²) >= 11 is 4.66. The van der Waals surface area contributed by atoms with E-state index in [2.05, 4.69) is 25.9 Å². The van der Waals surface area contributed by atoms with E-state index < -0.39 is 0 Å². The molecule has 2 N–H and O–H groups in total. The van der Waals surface area contributed by atoms with Crippen molar-refractivity contribution in [3.05, 3.63) is 74.6 Å². The number of nitrogens with two attached hydrogens (primary N) is 1. The van der Waals surface area contributed by atoms with Gasteiger partial charge in [-0.1, -0.05) is 40.2 Å². The van der Waals surface area contributed by atoms with Gasteiger partial charge in [-0.2, -0.15) is 0 Å². The normalized spacial score (nSPS) is 11.9. The first-order chi connectivity index (χ1) is 15.8. The average molecular weight is 529 g/mol. The first-order valence-corrected chi connectivity index (χ1v) is 11.8. The number of hydrogen-bond donors (Lipinski definition) is 1. The van der Waals surface area contributed by atoms with Crippen LogP contribution in [-0.4, -0.2) is 40.1 Å². The van der Waals surface area contributed by atoms with Crippen molar-refractivity contribution >= 4 is 55.8 Å². The Morgan fingerprint density at radius 2 is 1.97 bits per heavy atom. The predicted molar refractivity (Wildman–Crippen MR) is 136 cm³/mol. The van der Waals surface area contributed by atoms with Crippen LogP contribution >= 0.6 is 27.7 Å². The van der Waals surface area contributed by atoms with Gasteiger partial charge in [-0.05, 0) is 48.5 Å². The Balaban J connectivity index is 1.94. The van der Waals surface area contributed by atoms with E-state index in [9.17, 15) is 9.59 Å². The number of ether oxygens (including phenoxy) is 1. The summed E-state index contributed by atoms with van der Waals surface area (Å²) < 4.78 is 6.17. The molecule has 0 spiro atoms. The lowest BCUT2D eigenvalue weighted by molar-refractivity contribution is -0.116. The van der Waals surface area contributed by atoms with Gasteiger partial charge in [0, 0.05) is 45.9 Å². The third-order valence-corrected chi connectivity index (χ3v) is 7.00. The van der Waals surface area contributed by atoms with E-state index >= 15 is 0 Å². The van der Waals surface area contributed by atoms with Crippen LogP contribution in [0.2, 0.25) is 0 Å². The number of anilines is 1. The molecule has 0 aliphatic heterocycles. The van der Waals surface area contributed by atoms with Gasteiger partial charge in [0.25, 0.3) is 0 Å². The molecule has 172 valence electrons. The standard InChI is InChI=1S/C24H25BrN4O3S/c1-15(29(14-30)13-17-12-27-16(2)28-23(17)26)22(10-11-32-3)33-24(31)20-8-9-21(25)19-7-5-4-6-18(19)20/h4-9,12,14H,10-11,13H2,1-3H3,(H2,26,27,28)/b22-15-. The molecule has 0 unspecified atom stereocenters. The minimum absolute atomic E-state index is 0.104. The average Bonchev–Trinajstić information content (AvgIpc) is 2.81. The number of halogens is 1. The number of carbonyl (C=O) groups is 2. The molecule has 33 heavy (non-hydrogen) atoms. The molecule has 0 bridgehead atoms. The molecule has 1 aromatic heterocycles. The number of aromatic nitrogens is 2. The van der Waals surface area contributed by atoms with Gasteiger partial charge in [0.15, 0.2) is 0 Å². The van der Waals surface area contributed by atoms with E-state index in [1.165, 1.54) is 4.90 Å². The highest BCUT2D eigenvalue weighted by atomic mass is 79.9. The molecule has 1 heterocycles. The van der Waals surface area contributed by atoms with Crippen molar-refractivity contribution in [2.45, 2.75) is 26.8 Å². The van der Waals surface area contributed by atoms with Gasteiger partial charge in [0.1, 0.15) is 11.6 Å². The Labute approximate surface area is 205 Å². The summed E-state index contributed by atoms with van der Waals surface area (Å²) in [4.78, 5) is 35.9. The number of thioether (sulfide) groups is 1. The Hall–Kier alpha value is -2.75. The number of methoxy groups -OCH3 is 1. The number of amides is 1. The zero-order chi connectivity index (χ0) is 24.0. The molecule has 0 atom stereocenters. The zero-order valence-corrected chi connectivity index (χ0v) is 21.1. The van der Waals surface area contributed by atoms with E-state index in [4.69, 9.17) is 10.5 Å². The molecule has 0 fully saturated rings. The number of rotatable bonds is 9. The molecule has 0 saturated carbocycles. The minimum Gasteiger partial charge on any atom is -0.384 e. The molecule has 9 heteroatoms. The molecule has 1 amide bonds. The van der Waals surface area contributed by atoms with Crippen molar-refractivity contribution in [2.24, 2.45) is 0 Å². The van der Waals surface area contributed by atoms with Crippen LogP contribution in [0, 0.1) is 6.92 Å². The van der Waals surface area contributed by atoms with Gasteiger partial charge in [-0.15, -0.1) is 0 Å². The van der Waals surface area contributed by atoms with Crippen molar-refractivity contribution in [1.29, 1.82) is 0 Å². The van der Waals surface area contributed by atoms with Gasteiger partial charge >= 0.3 is 0 Å². The third kappa shape index (κ3) is 5.98. The van der Waals surface area contributed by atoms with Crippen LogP contribution in [0.5, 0.6) is 0 Å². The SMILES string of the molecule is COCC/C(SC(=O)c1ccc(Br)c2ccccc12)=C(\C)N(C=O)Cc1cnc(C)nc1N. The first kappa shape index (κ1) is 24.9. The fourth-order valence-electron chi connectivity index (χ4n) is 3.32. The molecule has 2 aromatic carbocycles. The maximum Gasteiger partial charge on any atom is 0.224 e. The summed E-state index contributed by atoms with van der Waals surface area (Å²) in [6, 6.07) is 11.4. The van der Waals surface area contributed by atoms with Gasteiger partial charge in [-0.3, -0.25) is 9.59 Å². The second kappa shape index (κ2) is 11.4. The van der Waals surface area contributed by atoms with Crippen LogP contribution in [0.4, 0.5) is 5.82 Å². The van der Waals surface area contributed by atoms with Crippen LogP contribution in [0.3, 0.4) is 0 Å². The van der Waals surface area contributed by atoms with Crippen molar-refractivity contribution < 1.29 is 14.3 Å². The molecule has 3 aromatic rings. The highest BCUT2D eigenvalue weighted by Crippen LogP contribution is 2.34. The number of fused-ring (bicyclic) bond motifs is 1. The largest absolute Gasteiger partial charge is 0.384 e. The van der Waals surface area contributed by atoms with Crippen LogP contribution in [0.15, 0.2) is 57.7 Å². The van der Waals surface area contributed by atoms with E-state index in [0.29, 0.717) is 41.5 Å². The summed E-state index contributed by atoms with van der Waals surface area (Å²) in [5.74, 6) is 0.885. The Morgan fingerprint density at radius 3 is 2.64 bits per heavy atom. The quantitative estimate of drug-likeness (QED) is 0.386. The fraction of sp³-hybridized carbons (Fsp3) is 0.250. The summed E-state index contributed by atoms with van der Waals surface area (Å²) in [5, 5.41) is 1.73. The zero-order valence-electron chi connectivity index (χ0n) is 18.7. The van der Waals surface area contributed by atoms with Gasteiger partial charge < -0.3 is 15.4 Å². The highest BCUT2D eigenvalue weighted by molar-refractivity contribution is 9.10. The Morgan fingerprint density at radius 1 is 1.24 bits per heavy atom. The fourth-order valence-corrected chi connectivity index (χ4v) is 4.76. The van der Waals surface area contributed by atoms with Gasteiger partial charge in [-0.25, -0.2) is 9.97 Å². The number of carbonyl (C=O) groups excluding carboxylic acids is 2. The summed E-state index contributed by atoms with van der Waals surface area (Å²) in [6.07, 6.45) is 2.82. The lowest BCUT2D eigenvalue weighted by atomic mass is 10.1. The highest BCUT2D eigenvalue weighted by Gasteiger charge is 2.19. The smallest absolute Gasteiger partial charge is 0.224 e. The van der Waals surface area contributed by atoms with Crippen molar-refractivity contribution in [2.75, 3.05) is 19.5 Å². The first-order valence-electron chi connectivity index (χ1n) is 10.2. The molecular formula is C24H25BrN4O3S. The number of allylic oxidation sites excluding steroid dienone is 1. The van der Waals surface area contributed by atoms with Crippen LogP contribution in [-0.2, 0) is 16.1 Å². The Bertz CT molecular complexity index is 1220.